The van der Waals surface area contributed by atoms with Crippen LogP contribution in [-0.4, -0.2) is 48.1 Å². The molecule has 0 spiro atoms. The second-order valence-corrected chi connectivity index (χ2v) is 2.73. The summed E-state index contributed by atoms with van der Waals surface area (Å²) < 4.78 is 31.7. The highest BCUT2D eigenvalue weighted by Crippen LogP contribution is 2.13. The van der Waals surface area contributed by atoms with Crippen LogP contribution in [0.1, 0.15) is 6.42 Å². The molecule has 0 aromatic rings. The van der Waals surface area contributed by atoms with Gasteiger partial charge in [0.25, 0.3) is 0 Å². The zero-order valence-electron chi connectivity index (χ0n) is 8.54. The number of alkyl halides is 3. The lowest BCUT2D eigenvalue weighted by Gasteiger charge is -2.06. The number of rotatable bonds is 2. The fourth-order valence-corrected chi connectivity index (χ4v) is 0.307. The third-order valence-electron chi connectivity index (χ3n) is 1.07. The van der Waals surface area contributed by atoms with Crippen molar-refractivity contribution in [3.8, 4) is 0 Å². The molecule has 0 atom stereocenters. The van der Waals surface area contributed by atoms with Gasteiger partial charge in [-0.05, 0) is 0 Å². The second-order valence-electron chi connectivity index (χ2n) is 2.73. The molecule has 6 nitrogen and oxygen atoms in total. The average Bonchev–Trinajstić information content (AvgIpc) is 2.01. The second kappa shape index (κ2) is 6.64. The van der Waals surface area contributed by atoms with E-state index in [1.165, 1.54) is 4.90 Å². The number of nitrogens with two attached hydrogens (primary N) is 1. The van der Waals surface area contributed by atoms with Gasteiger partial charge in [-0.3, -0.25) is 9.59 Å². The molecule has 0 heterocycles. The van der Waals surface area contributed by atoms with Crippen molar-refractivity contribution in [3.05, 3.63) is 0 Å². The first kappa shape index (κ1) is 16.6. The van der Waals surface area contributed by atoms with Crippen LogP contribution in [0.2, 0.25) is 0 Å². The van der Waals surface area contributed by atoms with Gasteiger partial charge >= 0.3 is 12.1 Å². The van der Waals surface area contributed by atoms with Crippen molar-refractivity contribution in [1.29, 1.82) is 0 Å². The van der Waals surface area contributed by atoms with Crippen molar-refractivity contribution in [2.75, 3.05) is 14.1 Å². The topological polar surface area (TPSA) is 101 Å². The number of carboxylic acids is 1. The van der Waals surface area contributed by atoms with Crippen LogP contribution in [-0.2, 0) is 14.4 Å². The molecule has 2 amide bonds. The van der Waals surface area contributed by atoms with Crippen molar-refractivity contribution in [3.63, 3.8) is 0 Å². The van der Waals surface area contributed by atoms with Crippen molar-refractivity contribution in [1.82, 2.24) is 4.90 Å². The molecule has 0 saturated carbocycles. The number of carboxylic acid groups (broad SMARTS) is 1. The number of carbonyl (C=O) groups is 3. The SMILES string of the molecule is CN(C)C(=O)CC(N)=O.O=C(O)C(F)(F)F. The van der Waals surface area contributed by atoms with Gasteiger partial charge in [-0.1, -0.05) is 0 Å². The van der Waals surface area contributed by atoms with Crippen molar-refractivity contribution >= 4 is 17.8 Å². The number of halogens is 3. The predicted molar refractivity (Wildman–Crippen MR) is 46.2 cm³/mol. The van der Waals surface area contributed by atoms with Crippen LogP contribution in [0.4, 0.5) is 13.2 Å². The van der Waals surface area contributed by atoms with Gasteiger partial charge in [-0.15, -0.1) is 0 Å². The van der Waals surface area contributed by atoms with Crippen molar-refractivity contribution in [2.24, 2.45) is 5.73 Å². The quantitative estimate of drug-likeness (QED) is 0.644. The van der Waals surface area contributed by atoms with E-state index in [1.54, 1.807) is 14.1 Å². The fourth-order valence-electron chi connectivity index (χ4n) is 0.307. The number of primary amides is 1. The van der Waals surface area contributed by atoms with Gasteiger partial charge in [0.2, 0.25) is 11.8 Å². The Kier molecular flexibility index (Phi) is 6.90. The molecule has 9 heteroatoms. The number of aliphatic carboxylic acids is 1. The van der Waals surface area contributed by atoms with Crippen LogP contribution in [0.25, 0.3) is 0 Å². The van der Waals surface area contributed by atoms with Crippen LogP contribution >= 0.6 is 0 Å². The molecule has 3 N–H and O–H groups in total. The van der Waals surface area contributed by atoms with Gasteiger partial charge in [0.1, 0.15) is 6.42 Å². The molecule has 94 valence electrons. The van der Waals surface area contributed by atoms with E-state index in [2.05, 4.69) is 0 Å². The third kappa shape index (κ3) is 10.3. The predicted octanol–water partition coefficient (Wildman–Crippen LogP) is -0.417. The van der Waals surface area contributed by atoms with Crippen molar-refractivity contribution in [2.45, 2.75) is 12.6 Å². The maximum absolute atomic E-state index is 10.6. The number of amides is 2. The number of hydrogen-bond acceptors (Lipinski definition) is 3. The minimum atomic E-state index is -5.08. The average molecular weight is 244 g/mol. The van der Waals surface area contributed by atoms with E-state index in [-0.39, 0.29) is 12.3 Å². The number of carbonyl (C=O) groups excluding carboxylic acids is 2. The van der Waals surface area contributed by atoms with E-state index in [0.29, 0.717) is 0 Å². The molecule has 0 unspecified atom stereocenters. The standard InChI is InChI=1S/C5H10N2O2.C2HF3O2/c1-7(2)5(9)3-4(6)8;3-2(4,5)1(6)7/h3H2,1-2H3,(H2,6,8);(H,6,7). The van der Waals surface area contributed by atoms with Gasteiger partial charge in [0.15, 0.2) is 0 Å². The van der Waals surface area contributed by atoms with E-state index < -0.39 is 18.1 Å². The summed E-state index contributed by atoms with van der Waals surface area (Å²) in [6.45, 7) is 0. The molecular weight excluding hydrogens is 233 g/mol. The zero-order valence-corrected chi connectivity index (χ0v) is 8.54. The molecule has 0 aromatic heterocycles. The summed E-state index contributed by atoms with van der Waals surface area (Å²) >= 11 is 0. The minimum Gasteiger partial charge on any atom is -0.475 e. The highest BCUT2D eigenvalue weighted by atomic mass is 19.4. The Morgan fingerprint density at radius 2 is 1.56 bits per heavy atom. The smallest absolute Gasteiger partial charge is 0.475 e. The Balaban J connectivity index is 0. The van der Waals surface area contributed by atoms with E-state index in [1.807, 2.05) is 0 Å². The molecule has 0 radical (unpaired) electrons. The van der Waals surface area contributed by atoms with E-state index >= 15 is 0 Å². The van der Waals surface area contributed by atoms with Crippen LogP contribution in [0.5, 0.6) is 0 Å². The first-order valence-corrected chi connectivity index (χ1v) is 3.77. The largest absolute Gasteiger partial charge is 0.490 e. The zero-order chi connectivity index (χ0) is 13.5. The van der Waals surface area contributed by atoms with E-state index in [0.717, 1.165) is 0 Å². The summed E-state index contributed by atoms with van der Waals surface area (Å²) in [7, 11) is 3.15. The summed E-state index contributed by atoms with van der Waals surface area (Å²) in [6, 6.07) is 0. The molecule has 0 bridgehead atoms. The van der Waals surface area contributed by atoms with E-state index in [4.69, 9.17) is 15.6 Å². The van der Waals surface area contributed by atoms with E-state index in [9.17, 15) is 22.8 Å². The minimum absolute atomic E-state index is 0.201. The molecule has 16 heavy (non-hydrogen) atoms. The third-order valence-corrected chi connectivity index (χ3v) is 1.07. The molecule has 0 aliphatic rings. The molecule has 0 rings (SSSR count). The van der Waals surface area contributed by atoms with Gasteiger partial charge in [-0.25, -0.2) is 4.79 Å². The lowest BCUT2D eigenvalue weighted by Crippen LogP contribution is -2.27. The molecule has 0 fully saturated rings. The summed E-state index contributed by atoms with van der Waals surface area (Å²) in [5, 5.41) is 7.12. The molecule has 0 saturated heterocycles. The fraction of sp³-hybridized carbons (Fsp3) is 0.571. The maximum atomic E-state index is 10.6. The maximum Gasteiger partial charge on any atom is 0.490 e. The molecule has 0 aromatic carbocycles. The molecule has 0 aliphatic carbocycles. The van der Waals surface area contributed by atoms with Crippen LogP contribution in [0.3, 0.4) is 0 Å². The summed E-state index contributed by atoms with van der Waals surface area (Å²) in [5.41, 5.74) is 4.74. The van der Waals surface area contributed by atoms with Crippen LogP contribution in [0, 0.1) is 0 Å². The molecular formula is C7H11F3N2O4. The first-order valence-electron chi connectivity index (χ1n) is 3.77. The summed E-state index contributed by atoms with van der Waals surface area (Å²) in [6.07, 6.45) is -5.28. The van der Waals surface area contributed by atoms with Gasteiger partial charge < -0.3 is 15.7 Å². The Morgan fingerprint density at radius 1 is 1.25 bits per heavy atom. The Bertz CT molecular complexity index is 275. The summed E-state index contributed by atoms with van der Waals surface area (Å²) in [4.78, 5) is 30.9. The Labute approximate surface area is 88.8 Å². The lowest BCUT2D eigenvalue weighted by atomic mass is 10.4. The highest BCUT2D eigenvalue weighted by molar-refractivity contribution is 5.95. The number of nitrogens with zero attached hydrogens (tertiary/aromatic N) is 1. The first-order chi connectivity index (χ1) is 6.98. The Morgan fingerprint density at radius 3 is 1.62 bits per heavy atom. The van der Waals surface area contributed by atoms with Crippen LogP contribution < -0.4 is 5.73 Å². The van der Waals surface area contributed by atoms with Gasteiger partial charge in [0.05, 0.1) is 0 Å². The molecule has 0 aliphatic heterocycles. The van der Waals surface area contributed by atoms with Gasteiger partial charge in [-0.2, -0.15) is 13.2 Å². The van der Waals surface area contributed by atoms with Crippen LogP contribution in [0.15, 0.2) is 0 Å². The monoisotopic (exact) mass is 244 g/mol. The van der Waals surface area contributed by atoms with Gasteiger partial charge in [0, 0.05) is 14.1 Å². The highest BCUT2D eigenvalue weighted by Gasteiger charge is 2.38. The Hall–Kier alpha value is -1.80. The van der Waals surface area contributed by atoms with Crippen molar-refractivity contribution < 1.29 is 32.7 Å². The number of hydrogen-bond donors (Lipinski definition) is 2. The lowest BCUT2D eigenvalue weighted by molar-refractivity contribution is -0.192. The normalized spacial score (nSPS) is 9.81. The summed E-state index contributed by atoms with van der Waals surface area (Å²) in [5.74, 6) is -3.61.